The predicted molar refractivity (Wildman–Crippen MR) is 114 cm³/mol. The molecule has 1 aliphatic heterocycles. The molecule has 0 N–H and O–H groups in total. The highest BCUT2D eigenvalue weighted by Gasteiger charge is 2.57. The van der Waals surface area contributed by atoms with Crippen LogP contribution in [0.4, 0.5) is 4.79 Å². The standard InChI is InChI=1S/C23H32N2O3S/c1-22(24(2)21(26)28-3)12-20(13-22)29(27)25-14-23(15-25)10-19(11-23)18-8-7-16-5-4-6-17(16)9-18/h7-9,19-20H,4-6,10-15H2,1-3H3. The fourth-order valence-corrected chi connectivity index (χ4v) is 8.29. The zero-order valence-corrected chi connectivity index (χ0v) is 18.6. The van der Waals surface area contributed by atoms with Gasteiger partial charge in [0.1, 0.15) is 0 Å². The molecule has 0 bridgehead atoms. The Hall–Kier alpha value is -1.40. The minimum Gasteiger partial charge on any atom is -0.453 e. The van der Waals surface area contributed by atoms with Crippen molar-refractivity contribution in [3.8, 4) is 0 Å². The van der Waals surface area contributed by atoms with E-state index < -0.39 is 11.0 Å². The first-order valence-electron chi connectivity index (χ1n) is 10.9. The molecule has 3 aliphatic carbocycles. The van der Waals surface area contributed by atoms with Gasteiger partial charge in [0, 0.05) is 25.7 Å². The number of methoxy groups -OCH3 is 1. The molecule has 1 heterocycles. The monoisotopic (exact) mass is 416 g/mol. The van der Waals surface area contributed by atoms with Crippen molar-refractivity contribution in [3.63, 3.8) is 0 Å². The van der Waals surface area contributed by atoms with E-state index in [1.807, 2.05) is 0 Å². The number of ether oxygens (including phenoxy) is 1. The van der Waals surface area contributed by atoms with Crippen LogP contribution in [0.15, 0.2) is 18.2 Å². The van der Waals surface area contributed by atoms with Crippen molar-refractivity contribution >= 4 is 17.1 Å². The van der Waals surface area contributed by atoms with Crippen LogP contribution < -0.4 is 0 Å². The molecule has 5 rings (SSSR count). The van der Waals surface area contributed by atoms with Crippen molar-refractivity contribution < 1.29 is 13.7 Å². The average molecular weight is 417 g/mol. The van der Waals surface area contributed by atoms with Gasteiger partial charge in [-0.15, -0.1) is 0 Å². The van der Waals surface area contributed by atoms with Gasteiger partial charge in [-0.25, -0.2) is 13.3 Å². The lowest BCUT2D eigenvalue weighted by Crippen LogP contribution is -2.66. The summed E-state index contributed by atoms with van der Waals surface area (Å²) in [6.07, 6.45) is 7.55. The Balaban J connectivity index is 1.11. The first-order valence-corrected chi connectivity index (χ1v) is 12.1. The smallest absolute Gasteiger partial charge is 0.409 e. The lowest BCUT2D eigenvalue weighted by molar-refractivity contribution is -0.0250. The van der Waals surface area contributed by atoms with Gasteiger partial charge in [0.15, 0.2) is 0 Å². The third-order valence-corrected chi connectivity index (χ3v) is 9.78. The predicted octanol–water partition coefficient (Wildman–Crippen LogP) is 3.64. The van der Waals surface area contributed by atoms with Gasteiger partial charge in [0.2, 0.25) is 0 Å². The fourth-order valence-electron chi connectivity index (χ4n) is 6.06. The van der Waals surface area contributed by atoms with Gasteiger partial charge in [0.05, 0.1) is 23.3 Å². The Kier molecular flexibility index (Phi) is 4.59. The lowest BCUT2D eigenvalue weighted by Gasteiger charge is -2.60. The van der Waals surface area contributed by atoms with Crippen molar-refractivity contribution in [1.29, 1.82) is 0 Å². The number of rotatable bonds is 4. The zero-order valence-electron chi connectivity index (χ0n) is 17.8. The molecule has 1 spiro atoms. The molecule has 3 fully saturated rings. The van der Waals surface area contributed by atoms with Gasteiger partial charge in [-0.1, -0.05) is 18.2 Å². The van der Waals surface area contributed by atoms with Crippen molar-refractivity contribution in [2.75, 3.05) is 27.2 Å². The highest BCUT2D eigenvalue weighted by Crippen LogP contribution is 2.57. The topological polar surface area (TPSA) is 49.9 Å². The SMILES string of the molecule is COC(=O)N(C)C1(C)CC(S(=O)N2CC3(CC(c4ccc5c(c4)CCC5)C3)C2)C1. The van der Waals surface area contributed by atoms with Gasteiger partial charge in [-0.3, -0.25) is 0 Å². The second-order valence-corrected chi connectivity index (χ2v) is 11.9. The quantitative estimate of drug-likeness (QED) is 0.753. The number of hydrogen-bond donors (Lipinski definition) is 0. The Bertz CT molecular complexity index is 850. The first kappa shape index (κ1) is 19.6. The van der Waals surface area contributed by atoms with E-state index in [0.29, 0.717) is 11.3 Å². The molecular formula is C23H32N2O3S. The van der Waals surface area contributed by atoms with Crippen molar-refractivity contribution in [2.45, 2.75) is 68.6 Å². The van der Waals surface area contributed by atoms with E-state index in [-0.39, 0.29) is 16.9 Å². The number of carbonyl (C=O) groups excluding carboxylic acids is 1. The lowest BCUT2D eigenvalue weighted by atomic mass is 9.57. The summed E-state index contributed by atoms with van der Waals surface area (Å²) in [5.74, 6) is 0.692. The van der Waals surface area contributed by atoms with Crippen molar-refractivity contribution in [2.24, 2.45) is 5.41 Å². The minimum absolute atomic E-state index is 0.164. The molecule has 0 aromatic heterocycles. The second kappa shape index (κ2) is 6.81. The molecule has 1 amide bonds. The zero-order chi connectivity index (χ0) is 20.4. The van der Waals surface area contributed by atoms with Crippen LogP contribution in [0.2, 0.25) is 0 Å². The van der Waals surface area contributed by atoms with Crippen LogP contribution >= 0.6 is 0 Å². The largest absolute Gasteiger partial charge is 0.453 e. The van der Waals surface area contributed by atoms with Gasteiger partial charge in [-0.2, -0.15) is 0 Å². The average Bonchev–Trinajstić information content (AvgIpc) is 3.09. The number of nitrogens with zero attached hydrogens (tertiary/aromatic N) is 2. The number of aryl methyl sites for hydroxylation is 2. The van der Waals surface area contributed by atoms with Crippen LogP contribution in [0.1, 0.15) is 61.6 Å². The van der Waals surface area contributed by atoms with Gasteiger partial charge < -0.3 is 9.64 Å². The summed E-state index contributed by atoms with van der Waals surface area (Å²) in [4.78, 5) is 13.4. The third-order valence-electron chi connectivity index (χ3n) is 8.11. The van der Waals surface area contributed by atoms with Gasteiger partial charge >= 0.3 is 6.09 Å². The summed E-state index contributed by atoms with van der Waals surface area (Å²) in [6.45, 7) is 4.00. The van der Waals surface area contributed by atoms with Crippen LogP contribution in [0, 0.1) is 5.41 Å². The van der Waals surface area contributed by atoms with Crippen molar-refractivity contribution in [1.82, 2.24) is 9.21 Å². The highest BCUT2D eigenvalue weighted by molar-refractivity contribution is 7.83. The Morgan fingerprint density at radius 3 is 2.55 bits per heavy atom. The molecule has 5 nitrogen and oxygen atoms in total. The molecule has 0 radical (unpaired) electrons. The summed E-state index contributed by atoms with van der Waals surface area (Å²) >= 11 is 0. The van der Waals surface area contributed by atoms with Gasteiger partial charge in [0.25, 0.3) is 0 Å². The summed E-state index contributed by atoms with van der Waals surface area (Å²) in [5.41, 5.74) is 4.82. The number of carbonyl (C=O) groups is 1. The van der Waals surface area contributed by atoms with E-state index in [0.717, 1.165) is 25.9 Å². The fraction of sp³-hybridized carbons (Fsp3) is 0.696. The van der Waals surface area contributed by atoms with Crippen molar-refractivity contribution in [3.05, 3.63) is 34.9 Å². The van der Waals surface area contributed by atoms with Gasteiger partial charge in [-0.05, 0) is 79.9 Å². The molecule has 1 unspecified atom stereocenters. The summed E-state index contributed by atoms with van der Waals surface area (Å²) in [5, 5.41) is 0.164. The Morgan fingerprint density at radius 1 is 1.17 bits per heavy atom. The van der Waals surface area contributed by atoms with Crippen LogP contribution in [0.3, 0.4) is 0 Å². The number of hydrogen-bond acceptors (Lipinski definition) is 3. The third kappa shape index (κ3) is 3.14. The first-order chi connectivity index (χ1) is 13.8. The maximum Gasteiger partial charge on any atom is 0.409 e. The maximum absolute atomic E-state index is 13.0. The summed E-state index contributed by atoms with van der Waals surface area (Å²) in [6, 6.07) is 7.16. The Labute approximate surface area is 176 Å². The highest BCUT2D eigenvalue weighted by atomic mass is 32.2. The molecule has 6 heteroatoms. The molecule has 158 valence electrons. The Morgan fingerprint density at radius 2 is 1.86 bits per heavy atom. The summed E-state index contributed by atoms with van der Waals surface area (Å²) < 4.78 is 20.0. The molecule has 4 aliphatic rings. The maximum atomic E-state index is 13.0. The molecule has 1 atom stereocenters. The van der Waals surface area contributed by atoms with E-state index in [2.05, 4.69) is 29.4 Å². The normalized spacial score (nSPS) is 31.3. The van der Waals surface area contributed by atoms with E-state index in [9.17, 15) is 9.00 Å². The minimum atomic E-state index is -0.930. The molecule has 1 aromatic carbocycles. The van der Waals surface area contributed by atoms with E-state index in [1.54, 1.807) is 23.1 Å². The van der Waals surface area contributed by atoms with E-state index in [1.165, 1.54) is 44.8 Å². The molecule has 29 heavy (non-hydrogen) atoms. The van der Waals surface area contributed by atoms with Crippen LogP contribution in [0.5, 0.6) is 0 Å². The molecule has 1 saturated heterocycles. The van der Waals surface area contributed by atoms with Crippen LogP contribution in [0.25, 0.3) is 0 Å². The van der Waals surface area contributed by atoms with Crippen LogP contribution in [-0.4, -0.2) is 57.5 Å². The molecule has 1 aromatic rings. The number of benzene rings is 1. The number of amides is 1. The molecule has 2 saturated carbocycles. The van der Waals surface area contributed by atoms with Crippen LogP contribution in [-0.2, 0) is 28.6 Å². The van der Waals surface area contributed by atoms with E-state index in [4.69, 9.17) is 4.74 Å². The number of fused-ring (bicyclic) bond motifs is 1. The van der Waals surface area contributed by atoms with E-state index >= 15 is 0 Å². The molecular weight excluding hydrogens is 384 g/mol. The summed E-state index contributed by atoms with van der Waals surface area (Å²) in [7, 11) is 2.25. The second-order valence-electron chi connectivity index (χ2n) is 10.1.